The Balaban J connectivity index is 1.56. The standard InChI is InChI=1S/C19H24N6O3/c1-28-19(27)14-10-13-11-24(8-5-9-25(13)23-14)18(26)16-15(17(20)22-21-16)12-6-3-2-4-7-12/h2-4,6-7,10,15-17,21-22H,5,8-9,11,20H2,1H3. The van der Waals surface area contributed by atoms with Crippen molar-refractivity contribution in [3.63, 3.8) is 0 Å². The lowest BCUT2D eigenvalue weighted by molar-refractivity contribution is -0.134. The first kappa shape index (κ1) is 18.6. The van der Waals surface area contributed by atoms with Crippen molar-refractivity contribution in [2.24, 2.45) is 5.73 Å². The Morgan fingerprint density at radius 3 is 2.75 bits per heavy atom. The van der Waals surface area contributed by atoms with Gasteiger partial charge in [0.15, 0.2) is 5.69 Å². The zero-order chi connectivity index (χ0) is 19.7. The normalized spacial score (nSPS) is 24.5. The van der Waals surface area contributed by atoms with E-state index in [0.717, 1.165) is 17.7 Å². The van der Waals surface area contributed by atoms with Crippen LogP contribution in [0.5, 0.6) is 0 Å². The smallest absolute Gasteiger partial charge is 0.358 e. The molecule has 2 aromatic rings. The van der Waals surface area contributed by atoms with Crippen LogP contribution in [0.1, 0.15) is 34.1 Å². The summed E-state index contributed by atoms with van der Waals surface area (Å²) in [4.78, 5) is 26.9. The molecule has 1 fully saturated rings. The second-order valence-electron chi connectivity index (χ2n) is 7.08. The second-order valence-corrected chi connectivity index (χ2v) is 7.08. The van der Waals surface area contributed by atoms with Gasteiger partial charge in [-0.3, -0.25) is 9.48 Å². The molecule has 0 radical (unpaired) electrons. The third-order valence-electron chi connectivity index (χ3n) is 5.32. The summed E-state index contributed by atoms with van der Waals surface area (Å²) in [5.74, 6) is -0.675. The molecule has 0 bridgehead atoms. The fourth-order valence-electron chi connectivity index (χ4n) is 3.91. The van der Waals surface area contributed by atoms with Crippen LogP contribution in [0.3, 0.4) is 0 Å². The van der Waals surface area contributed by atoms with E-state index < -0.39 is 12.0 Å². The van der Waals surface area contributed by atoms with E-state index in [-0.39, 0.29) is 23.7 Å². The van der Waals surface area contributed by atoms with E-state index in [1.54, 1.807) is 15.6 Å². The number of aromatic nitrogens is 2. The lowest BCUT2D eigenvalue weighted by Gasteiger charge is -2.27. The SMILES string of the molecule is COC(=O)c1cc2n(n1)CCCN(C(=O)C1NNC(N)C1c1ccccc1)C2. The number of esters is 1. The molecule has 9 nitrogen and oxygen atoms in total. The maximum atomic E-state index is 13.3. The molecule has 1 aromatic heterocycles. The van der Waals surface area contributed by atoms with Crippen LogP contribution in [-0.2, 0) is 22.6 Å². The average Bonchev–Trinajstić information content (AvgIpc) is 3.24. The number of fused-ring (bicyclic) bond motifs is 1. The summed E-state index contributed by atoms with van der Waals surface area (Å²) >= 11 is 0. The number of ether oxygens (including phenoxy) is 1. The Hall–Kier alpha value is -2.75. The molecule has 2 aliphatic rings. The molecule has 9 heteroatoms. The Morgan fingerprint density at radius 2 is 2.00 bits per heavy atom. The largest absolute Gasteiger partial charge is 0.464 e. The topological polar surface area (TPSA) is 115 Å². The highest BCUT2D eigenvalue weighted by atomic mass is 16.5. The molecule has 3 atom stereocenters. The van der Waals surface area contributed by atoms with Gasteiger partial charge in [0.1, 0.15) is 6.04 Å². The number of aryl methyl sites for hydroxylation is 1. The van der Waals surface area contributed by atoms with Gasteiger partial charge in [-0.05, 0) is 18.1 Å². The van der Waals surface area contributed by atoms with Gasteiger partial charge in [0.25, 0.3) is 0 Å². The number of hydrazine groups is 1. The van der Waals surface area contributed by atoms with E-state index in [2.05, 4.69) is 16.0 Å². The summed E-state index contributed by atoms with van der Waals surface area (Å²) in [6, 6.07) is 11.0. The maximum Gasteiger partial charge on any atom is 0.358 e. The van der Waals surface area contributed by atoms with Crippen molar-refractivity contribution in [1.82, 2.24) is 25.5 Å². The van der Waals surface area contributed by atoms with Gasteiger partial charge in [-0.25, -0.2) is 15.6 Å². The molecule has 3 unspecified atom stereocenters. The first-order chi connectivity index (χ1) is 13.6. The van der Waals surface area contributed by atoms with Crippen LogP contribution in [0.15, 0.2) is 36.4 Å². The number of nitrogens with one attached hydrogen (secondary N) is 2. The number of carbonyl (C=O) groups is 2. The van der Waals surface area contributed by atoms with E-state index >= 15 is 0 Å². The van der Waals surface area contributed by atoms with Crippen LogP contribution in [0.4, 0.5) is 0 Å². The van der Waals surface area contributed by atoms with Crippen LogP contribution in [0.2, 0.25) is 0 Å². The van der Waals surface area contributed by atoms with Crippen LogP contribution in [-0.4, -0.2) is 52.4 Å². The summed E-state index contributed by atoms with van der Waals surface area (Å²) in [7, 11) is 1.33. The minimum Gasteiger partial charge on any atom is -0.464 e. The third-order valence-corrected chi connectivity index (χ3v) is 5.32. The summed E-state index contributed by atoms with van der Waals surface area (Å²) in [5, 5.41) is 4.30. The highest BCUT2D eigenvalue weighted by molar-refractivity contribution is 5.87. The molecule has 3 heterocycles. The molecular formula is C19H24N6O3. The minimum atomic E-state index is -0.477. The molecule has 2 aliphatic heterocycles. The van der Waals surface area contributed by atoms with Gasteiger partial charge in [0.05, 0.1) is 25.5 Å². The van der Waals surface area contributed by atoms with Gasteiger partial charge >= 0.3 is 5.97 Å². The van der Waals surface area contributed by atoms with Crippen LogP contribution >= 0.6 is 0 Å². The maximum absolute atomic E-state index is 13.3. The quantitative estimate of drug-likeness (QED) is 0.636. The molecule has 0 aliphatic carbocycles. The zero-order valence-corrected chi connectivity index (χ0v) is 15.7. The van der Waals surface area contributed by atoms with Crippen molar-refractivity contribution in [3.05, 3.63) is 53.3 Å². The van der Waals surface area contributed by atoms with Crippen LogP contribution < -0.4 is 16.6 Å². The van der Waals surface area contributed by atoms with Crippen molar-refractivity contribution in [2.45, 2.75) is 37.6 Å². The van der Waals surface area contributed by atoms with Crippen LogP contribution in [0.25, 0.3) is 0 Å². The minimum absolute atomic E-state index is 0.0245. The first-order valence-corrected chi connectivity index (χ1v) is 9.34. The number of methoxy groups -OCH3 is 1. The Labute approximate surface area is 162 Å². The number of carbonyl (C=O) groups excluding carboxylic acids is 2. The number of benzene rings is 1. The monoisotopic (exact) mass is 384 g/mol. The third kappa shape index (κ3) is 3.39. The van der Waals surface area contributed by atoms with Crippen molar-refractivity contribution >= 4 is 11.9 Å². The lowest BCUT2D eigenvalue weighted by atomic mass is 9.90. The molecule has 1 saturated heterocycles. The van der Waals surface area contributed by atoms with Gasteiger partial charge in [-0.1, -0.05) is 30.3 Å². The molecule has 28 heavy (non-hydrogen) atoms. The fraction of sp³-hybridized carbons (Fsp3) is 0.421. The van der Waals surface area contributed by atoms with Crippen molar-refractivity contribution in [3.8, 4) is 0 Å². The Morgan fingerprint density at radius 1 is 1.21 bits per heavy atom. The summed E-state index contributed by atoms with van der Waals surface area (Å²) in [5.41, 5.74) is 14.4. The number of rotatable bonds is 3. The lowest BCUT2D eigenvalue weighted by Crippen LogP contribution is -2.47. The van der Waals surface area contributed by atoms with E-state index in [9.17, 15) is 9.59 Å². The number of hydrogen-bond acceptors (Lipinski definition) is 7. The zero-order valence-electron chi connectivity index (χ0n) is 15.7. The average molecular weight is 384 g/mol. The first-order valence-electron chi connectivity index (χ1n) is 9.34. The summed E-state index contributed by atoms with van der Waals surface area (Å²) in [6.07, 6.45) is 0.392. The molecule has 148 valence electrons. The molecular weight excluding hydrogens is 360 g/mol. The second kappa shape index (κ2) is 7.70. The molecule has 4 rings (SSSR count). The Bertz CT molecular complexity index is 868. The summed E-state index contributed by atoms with van der Waals surface area (Å²) in [6.45, 7) is 1.65. The highest BCUT2D eigenvalue weighted by Gasteiger charge is 2.41. The molecule has 1 aromatic carbocycles. The number of hydrogen-bond donors (Lipinski definition) is 3. The predicted molar refractivity (Wildman–Crippen MR) is 101 cm³/mol. The van der Waals surface area contributed by atoms with Crippen LogP contribution in [0, 0.1) is 0 Å². The number of amides is 1. The van der Waals surface area contributed by atoms with Gasteiger partial charge in [0.2, 0.25) is 5.91 Å². The van der Waals surface area contributed by atoms with E-state index in [1.165, 1.54) is 7.11 Å². The molecule has 1 amide bonds. The van der Waals surface area contributed by atoms with E-state index in [0.29, 0.717) is 19.6 Å². The van der Waals surface area contributed by atoms with Gasteiger partial charge < -0.3 is 15.4 Å². The van der Waals surface area contributed by atoms with Crippen molar-refractivity contribution in [2.75, 3.05) is 13.7 Å². The van der Waals surface area contributed by atoms with Gasteiger partial charge in [-0.15, -0.1) is 0 Å². The number of nitrogens with two attached hydrogens (primary N) is 1. The Kier molecular flexibility index (Phi) is 5.12. The fourth-order valence-corrected chi connectivity index (χ4v) is 3.91. The van der Waals surface area contributed by atoms with E-state index in [1.807, 2.05) is 30.3 Å². The molecule has 0 spiro atoms. The predicted octanol–water partition coefficient (Wildman–Crippen LogP) is -0.0530. The molecule has 4 N–H and O–H groups in total. The van der Waals surface area contributed by atoms with E-state index in [4.69, 9.17) is 10.5 Å². The highest BCUT2D eigenvalue weighted by Crippen LogP contribution is 2.27. The molecule has 0 saturated carbocycles. The van der Waals surface area contributed by atoms with Gasteiger partial charge in [0, 0.05) is 19.0 Å². The van der Waals surface area contributed by atoms with Crippen molar-refractivity contribution in [1.29, 1.82) is 0 Å². The number of nitrogens with zero attached hydrogens (tertiary/aromatic N) is 3. The summed E-state index contributed by atoms with van der Waals surface area (Å²) < 4.78 is 6.53. The van der Waals surface area contributed by atoms with Crippen molar-refractivity contribution < 1.29 is 14.3 Å². The van der Waals surface area contributed by atoms with Gasteiger partial charge in [-0.2, -0.15) is 5.10 Å².